The monoisotopic (exact) mass is 408 g/mol. The topological polar surface area (TPSA) is 88.5 Å². The summed E-state index contributed by atoms with van der Waals surface area (Å²) < 4.78 is 2.02. The maximum atomic E-state index is 12.5. The molecule has 3 heterocycles. The van der Waals surface area contributed by atoms with Gasteiger partial charge in [-0.05, 0) is 50.8 Å². The smallest absolute Gasteiger partial charge is 0.255 e. The first-order valence-electron chi connectivity index (χ1n) is 9.81. The highest BCUT2D eigenvalue weighted by molar-refractivity contribution is 6.31. The van der Waals surface area contributed by atoms with Gasteiger partial charge >= 0.3 is 0 Å². The van der Waals surface area contributed by atoms with Crippen LogP contribution in [0.15, 0.2) is 30.6 Å². The summed E-state index contributed by atoms with van der Waals surface area (Å²) in [5, 5.41) is 9.40. The second-order valence-electron chi connectivity index (χ2n) is 7.92. The van der Waals surface area contributed by atoms with Crippen molar-refractivity contribution in [2.24, 2.45) is 5.92 Å². The minimum Gasteiger partial charge on any atom is -0.350 e. The summed E-state index contributed by atoms with van der Waals surface area (Å²) in [5.74, 6) is 0.503. The first-order valence-corrected chi connectivity index (χ1v) is 10.2. The highest BCUT2D eigenvalue weighted by atomic mass is 35.5. The Kier molecular flexibility index (Phi) is 4.28. The van der Waals surface area contributed by atoms with Gasteiger partial charge in [0.05, 0.1) is 17.3 Å². The van der Waals surface area contributed by atoms with Gasteiger partial charge in [-0.2, -0.15) is 5.10 Å². The number of amides is 1. The van der Waals surface area contributed by atoms with Crippen LogP contribution in [0.25, 0.3) is 33.5 Å². The highest BCUT2D eigenvalue weighted by Gasteiger charge is 2.25. The van der Waals surface area contributed by atoms with Crippen LogP contribution in [0, 0.1) is 5.92 Å². The van der Waals surface area contributed by atoms with Crippen molar-refractivity contribution in [3.63, 3.8) is 0 Å². The van der Waals surface area contributed by atoms with E-state index in [0.29, 0.717) is 33.4 Å². The zero-order valence-electron chi connectivity index (χ0n) is 16.2. The van der Waals surface area contributed by atoms with E-state index in [1.165, 1.54) is 12.8 Å². The Morgan fingerprint density at radius 3 is 2.97 bits per heavy atom. The van der Waals surface area contributed by atoms with Crippen LogP contribution in [-0.4, -0.2) is 36.7 Å². The SMILES string of the molecule is CC(C)NC(=O)c1c[nH]c2ncc(-c3nn(CC4CC4)c4cc(Cl)ccc34)nc12. The number of rotatable bonds is 5. The van der Waals surface area contributed by atoms with E-state index in [-0.39, 0.29) is 11.9 Å². The van der Waals surface area contributed by atoms with Crippen molar-refractivity contribution in [3.8, 4) is 11.4 Å². The van der Waals surface area contributed by atoms with Gasteiger partial charge in [0.15, 0.2) is 5.65 Å². The summed E-state index contributed by atoms with van der Waals surface area (Å²) >= 11 is 6.24. The third kappa shape index (κ3) is 3.35. The summed E-state index contributed by atoms with van der Waals surface area (Å²) in [6.45, 7) is 4.72. The Labute approximate surface area is 172 Å². The number of aromatic nitrogens is 5. The molecule has 0 spiro atoms. The van der Waals surface area contributed by atoms with E-state index in [4.69, 9.17) is 21.7 Å². The van der Waals surface area contributed by atoms with E-state index in [0.717, 1.165) is 23.1 Å². The van der Waals surface area contributed by atoms with Crippen LogP contribution in [0.1, 0.15) is 37.0 Å². The van der Waals surface area contributed by atoms with Gasteiger partial charge in [-0.15, -0.1) is 0 Å². The first-order chi connectivity index (χ1) is 14.0. The Bertz CT molecular complexity index is 1240. The van der Waals surface area contributed by atoms with E-state index < -0.39 is 0 Å². The lowest BCUT2D eigenvalue weighted by atomic mass is 10.1. The third-order valence-electron chi connectivity index (χ3n) is 5.13. The molecule has 1 aliphatic carbocycles. The van der Waals surface area contributed by atoms with Gasteiger partial charge in [0.2, 0.25) is 0 Å². The van der Waals surface area contributed by atoms with Crippen molar-refractivity contribution >= 4 is 39.6 Å². The van der Waals surface area contributed by atoms with E-state index in [2.05, 4.69) is 15.3 Å². The van der Waals surface area contributed by atoms with Crippen molar-refractivity contribution in [2.45, 2.75) is 39.3 Å². The number of carbonyl (C=O) groups excluding carboxylic acids is 1. The van der Waals surface area contributed by atoms with Crippen LogP contribution in [0.3, 0.4) is 0 Å². The van der Waals surface area contributed by atoms with E-state index in [1.807, 2.05) is 36.7 Å². The molecule has 0 atom stereocenters. The van der Waals surface area contributed by atoms with Crippen molar-refractivity contribution in [1.82, 2.24) is 30.0 Å². The maximum absolute atomic E-state index is 12.5. The van der Waals surface area contributed by atoms with E-state index in [1.54, 1.807) is 12.4 Å². The Hall–Kier alpha value is -2.93. The second kappa shape index (κ2) is 6.84. The first kappa shape index (κ1) is 18.1. The van der Waals surface area contributed by atoms with Gasteiger partial charge in [0.1, 0.15) is 16.9 Å². The number of fused-ring (bicyclic) bond motifs is 2. The molecule has 5 rings (SSSR count). The number of nitrogens with one attached hydrogen (secondary N) is 2. The molecule has 1 saturated carbocycles. The van der Waals surface area contributed by atoms with E-state index in [9.17, 15) is 4.79 Å². The fourth-order valence-corrected chi connectivity index (χ4v) is 3.71. The lowest BCUT2D eigenvalue weighted by Crippen LogP contribution is -2.29. The van der Waals surface area contributed by atoms with Crippen molar-refractivity contribution in [3.05, 3.63) is 41.2 Å². The molecule has 1 aromatic carbocycles. The van der Waals surface area contributed by atoms with Gasteiger partial charge in [0, 0.05) is 29.2 Å². The molecule has 2 N–H and O–H groups in total. The summed E-state index contributed by atoms with van der Waals surface area (Å²) in [7, 11) is 0. The van der Waals surface area contributed by atoms with Crippen molar-refractivity contribution in [2.75, 3.05) is 0 Å². The predicted molar refractivity (Wildman–Crippen MR) is 113 cm³/mol. The Morgan fingerprint density at radius 1 is 1.38 bits per heavy atom. The third-order valence-corrected chi connectivity index (χ3v) is 5.36. The molecular weight excluding hydrogens is 388 g/mol. The van der Waals surface area contributed by atoms with Gasteiger partial charge < -0.3 is 10.3 Å². The molecule has 0 bridgehead atoms. The Balaban J connectivity index is 1.63. The summed E-state index contributed by atoms with van der Waals surface area (Å²) in [6, 6.07) is 5.81. The standard InChI is InChI=1S/C21H21ClN6O/c1-11(2)25-21(29)15-8-23-20-19(15)26-16(9-24-20)18-14-6-5-13(22)7-17(14)28(27-18)10-12-3-4-12/h5-9,11-12H,3-4,10H2,1-2H3,(H,23,24)(H,25,29). The molecule has 0 radical (unpaired) electrons. The van der Waals surface area contributed by atoms with Crippen molar-refractivity contribution < 1.29 is 4.79 Å². The predicted octanol–water partition coefficient (Wildman–Crippen LogP) is 4.18. The minimum absolute atomic E-state index is 0.0374. The summed E-state index contributed by atoms with van der Waals surface area (Å²) in [4.78, 5) is 24.8. The number of nitrogens with zero attached hydrogens (tertiary/aromatic N) is 4. The molecule has 0 aliphatic heterocycles. The maximum Gasteiger partial charge on any atom is 0.255 e. The number of hydrogen-bond donors (Lipinski definition) is 2. The molecular formula is C21H21ClN6O. The molecule has 4 aromatic rings. The molecule has 148 valence electrons. The van der Waals surface area contributed by atoms with Gasteiger partial charge in [-0.3, -0.25) is 9.48 Å². The number of hydrogen-bond acceptors (Lipinski definition) is 4. The average molecular weight is 409 g/mol. The van der Waals surface area contributed by atoms with E-state index >= 15 is 0 Å². The zero-order valence-corrected chi connectivity index (χ0v) is 17.0. The fraction of sp³-hybridized carbons (Fsp3) is 0.333. The minimum atomic E-state index is -0.173. The van der Waals surface area contributed by atoms with Crippen LogP contribution in [0.5, 0.6) is 0 Å². The van der Waals surface area contributed by atoms with Crippen LogP contribution in [-0.2, 0) is 6.54 Å². The number of aromatic amines is 1. The molecule has 1 fully saturated rings. The fourth-order valence-electron chi connectivity index (χ4n) is 3.54. The highest BCUT2D eigenvalue weighted by Crippen LogP contribution is 2.34. The quantitative estimate of drug-likeness (QED) is 0.518. The van der Waals surface area contributed by atoms with Gasteiger partial charge in [-0.1, -0.05) is 11.6 Å². The lowest BCUT2D eigenvalue weighted by Gasteiger charge is -2.06. The van der Waals surface area contributed by atoms with Crippen molar-refractivity contribution in [1.29, 1.82) is 0 Å². The van der Waals surface area contributed by atoms with Crippen LogP contribution in [0.4, 0.5) is 0 Å². The molecule has 0 saturated heterocycles. The number of H-pyrrole nitrogens is 1. The molecule has 1 aliphatic rings. The van der Waals surface area contributed by atoms with Crippen LogP contribution >= 0.6 is 11.6 Å². The summed E-state index contributed by atoms with van der Waals surface area (Å²) in [6.07, 6.45) is 5.82. The Morgan fingerprint density at radius 2 is 2.21 bits per heavy atom. The lowest BCUT2D eigenvalue weighted by molar-refractivity contribution is 0.0944. The zero-order chi connectivity index (χ0) is 20.1. The average Bonchev–Trinajstić information content (AvgIpc) is 3.28. The van der Waals surface area contributed by atoms with Crippen LogP contribution < -0.4 is 5.32 Å². The molecule has 3 aromatic heterocycles. The normalized spacial score (nSPS) is 14.2. The molecule has 8 heteroatoms. The largest absolute Gasteiger partial charge is 0.350 e. The molecule has 0 unspecified atom stereocenters. The molecule has 1 amide bonds. The van der Waals surface area contributed by atoms with Gasteiger partial charge in [-0.25, -0.2) is 9.97 Å². The van der Waals surface area contributed by atoms with Gasteiger partial charge in [0.25, 0.3) is 5.91 Å². The number of benzene rings is 1. The number of halogens is 1. The molecule has 29 heavy (non-hydrogen) atoms. The van der Waals surface area contributed by atoms with Crippen LogP contribution in [0.2, 0.25) is 5.02 Å². The second-order valence-corrected chi connectivity index (χ2v) is 8.35. The number of carbonyl (C=O) groups is 1. The molecule has 7 nitrogen and oxygen atoms in total. The summed E-state index contributed by atoms with van der Waals surface area (Å²) in [5.41, 5.74) is 3.98.